The molecule has 3 aromatic rings. The minimum absolute atomic E-state index is 0.00391. The van der Waals surface area contributed by atoms with Crippen molar-refractivity contribution < 1.29 is 22.7 Å². The van der Waals surface area contributed by atoms with E-state index in [1.807, 2.05) is 0 Å². The summed E-state index contributed by atoms with van der Waals surface area (Å²) in [5, 5.41) is 5.00. The van der Waals surface area contributed by atoms with Gasteiger partial charge in [-0.25, -0.2) is 8.42 Å². The van der Waals surface area contributed by atoms with Crippen molar-refractivity contribution in [2.24, 2.45) is 0 Å². The van der Waals surface area contributed by atoms with Crippen molar-refractivity contribution in [2.45, 2.75) is 43.7 Å². The number of hydrogen-bond acceptors (Lipinski definition) is 6. The molecule has 0 saturated heterocycles. The van der Waals surface area contributed by atoms with Gasteiger partial charge in [0.25, 0.3) is 0 Å². The first-order chi connectivity index (χ1) is 16.7. The van der Waals surface area contributed by atoms with Gasteiger partial charge >= 0.3 is 5.97 Å². The average molecular weight is 538 g/mol. The molecule has 1 aromatic heterocycles. The number of sulfonamides is 1. The van der Waals surface area contributed by atoms with Crippen LogP contribution >= 0.6 is 23.2 Å². The smallest absolute Gasteiger partial charge is 0.327 e. The maximum Gasteiger partial charge on any atom is 0.327 e. The summed E-state index contributed by atoms with van der Waals surface area (Å²) in [5.41, 5.74) is 1.64. The van der Waals surface area contributed by atoms with E-state index in [1.54, 1.807) is 49.1 Å². The summed E-state index contributed by atoms with van der Waals surface area (Å²) in [6, 6.07) is 10.8. The Morgan fingerprint density at radius 3 is 2.74 bits per heavy atom. The number of carbonyl (C=O) groups excluding carboxylic acids is 1. The van der Waals surface area contributed by atoms with Crippen molar-refractivity contribution in [3.05, 3.63) is 70.0 Å². The van der Waals surface area contributed by atoms with Crippen LogP contribution in [0, 0.1) is 0 Å². The lowest BCUT2D eigenvalue weighted by atomic mass is 9.93. The Hall–Kier alpha value is -2.59. The minimum atomic E-state index is -3.88. The zero-order valence-corrected chi connectivity index (χ0v) is 21.6. The predicted molar refractivity (Wildman–Crippen MR) is 132 cm³/mol. The quantitative estimate of drug-likeness (QED) is 0.364. The third kappa shape index (κ3) is 5.48. The third-order valence-electron chi connectivity index (χ3n) is 5.86. The van der Waals surface area contributed by atoms with Gasteiger partial charge in [0.1, 0.15) is 18.0 Å². The highest BCUT2D eigenvalue weighted by molar-refractivity contribution is 7.89. The molecule has 0 fully saturated rings. The van der Waals surface area contributed by atoms with Gasteiger partial charge in [-0.3, -0.25) is 9.48 Å². The van der Waals surface area contributed by atoms with Gasteiger partial charge in [-0.2, -0.15) is 9.40 Å². The van der Waals surface area contributed by atoms with Gasteiger partial charge in [-0.15, -0.1) is 0 Å². The van der Waals surface area contributed by atoms with Gasteiger partial charge in [-0.05, 0) is 62.6 Å². The number of nitrogens with zero attached hydrogens (tertiary/aromatic N) is 3. The maximum atomic E-state index is 13.5. The summed E-state index contributed by atoms with van der Waals surface area (Å²) in [5.74, 6) is 0.425. The standard InChI is InChI=1S/C24H25Cl2N3O5S/c1-3-33-24(30)15-29-22-9-5-8-21(19(22)14-27-29)28(2)35(31,32)18-10-11-23(20(26)13-18)34-17-7-4-6-16(25)12-17/h4,6-7,10-14,21H,3,5,8-9,15H2,1-2H3/t21-/m1/s1. The van der Waals surface area contributed by atoms with Crippen LogP contribution in [0.2, 0.25) is 10.0 Å². The molecule has 4 rings (SSSR count). The molecule has 35 heavy (non-hydrogen) atoms. The molecule has 2 aromatic carbocycles. The van der Waals surface area contributed by atoms with Crippen molar-refractivity contribution in [1.82, 2.24) is 14.1 Å². The maximum absolute atomic E-state index is 13.5. The lowest BCUT2D eigenvalue weighted by Crippen LogP contribution is -2.33. The Bertz CT molecular complexity index is 1340. The second-order valence-electron chi connectivity index (χ2n) is 8.09. The topological polar surface area (TPSA) is 90.7 Å². The monoisotopic (exact) mass is 537 g/mol. The highest BCUT2D eigenvalue weighted by Crippen LogP contribution is 2.38. The second kappa shape index (κ2) is 10.6. The Labute approximate surface area is 214 Å². The molecule has 0 bridgehead atoms. The Morgan fingerprint density at radius 2 is 2.03 bits per heavy atom. The molecule has 1 aliphatic carbocycles. The van der Waals surface area contributed by atoms with Gasteiger partial charge in [0.05, 0.1) is 28.8 Å². The largest absolute Gasteiger partial charge is 0.465 e. The molecule has 186 valence electrons. The van der Waals surface area contributed by atoms with Gasteiger partial charge in [0.15, 0.2) is 0 Å². The van der Waals surface area contributed by atoms with Gasteiger partial charge in [0.2, 0.25) is 10.0 Å². The number of ether oxygens (including phenoxy) is 2. The number of esters is 1. The number of halogens is 2. The first-order valence-electron chi connectivity index (χ1n) is 11.1. The molecule has 0 unspecified atom stereocenters. The first kappa shape index (κ1) is 25.5. The van der Waals surface area contributed by atoms with E-state index in [0.717, 1.165) is 17.7 Å². The zero-order chi connectivity index (χ0) is 25.2. The van der Waals surface area contributed by atoms with Crippen molar-refractivity contribution >= 4 is 39.2 Å². The van der Waals surface area contributed by atoms with E-state index in [9.17, 15) is 13.2 Å². The molecule has 1 atom stereocenters. The normalized spacial score (nSPS) is 15.6. The van der Waals surface area contributed by atoms with E-state index < -0.39 is 16.1 Å². The zero-order valence-electron chi connectivity index (χ0n) is 19.3. The fourth-order valence-electron chi connectivity index (χ4n) is 4.15. The van der Waals surface area contributed by atoms with E-state index in [4.69, 9.17) is 32.7 Å². The number of benzene rings is 2. The van der Waals surface area contributed by atoms with Crippen LogP contribution in [0.25, 0.3) is 0 Å². The number of fused-ring (bicyclic) bond motifs is 1. The van der Waals surface area contributed by atoms with Crippen LogP contribution in [0.1, 0.15) is 37.1 Å². The molecule has 1 aliphatic rings. The van der Waals surface area contributed by atoms with Crippen LogP contribution < -0.4 is 4.74 Å². The third-order valence-corrected chi connectivity index (χ3v) is 8.25. The highest BCUT2D eigenvalue weighted by atomic mass is 35.5. The van der Waals surface area contributed by atoms with Crippen LogP contribution in [0.5, 0.6) is 11.5 Å². The van der Waals surface area contributed by atoms with Gasteiger partial charge in [0, 0.05) is 23.3 Å². The van der Waals surface area contributed by atoms with Crippen molar-refractivity contribution in [3.8, 4) is 11.5 Å². The minimum Gasteiger partial charge on any atom is -0.465 e. The average Bonchev–Trinajstić information content (AvgIpc) is 3.23. The summed E-state index contributed by atoms with van der Waals surface area (Å²) in [6.07, 6.45) is 3.75. The summed E-state index contributed by atoms with van der Waals surface area (Å²) >= 11 is 12.4. The van der Waals surface area contributed by atoms with Crippen LogP contribution in [-0.2, 0) is 32.5 Å². The number of carbonyl (C=O) groups is 1. The van der Waals surface area contributed by atoms with E-state index in [1.165, 1.54) is 22.5 Å². The number of aromatic nitrogens is 2. The molecule has 1 heterocycles. The lowest BCUT2D eigenvalue weighted by Gasteiger charge is -2.31. The van der Waals surface area contributed by atoms with Gasteiger partial charge < -0.3 is 9.47 Å². The molecule has 0 aliphatic heterocycles. The van der Waals surface area contributed by atoms with E-state index in [0.29, 0.717) is 29.4 Å². The summed E-state index contributed by atoms with van der Waals surface area (Å²) in [4.78, 5) is 12.0. The van der Waals surface area contributed by atoms with E-state index >= 15 is 0 Å². The predicted octanol–water partition coefficient (Wildman–Crippen LogP) is 5.24. The van der Waals surface area contributed by atoms with Crippen molar-refractivity contribution in [3.63, 3.8) is 0 Å². The fraction of sp³-hybridized carbons (Fsp3) is 0.333. The second-order valence-corrected chi connectivity index (χ2v) is 10.9. The molecule has 11 heteroatoms. The summed E-state index contributed by atoms with van der Waals surface area (Å²) in [6.45, 7) is 2.03. The molecular weight excluding hydrogens is 513 g/mol. The highest BCUT2D eigenvalue weighted by Gasteiger charge is 2.34. The molecule has 0 saturated carbocycles. The molecule has 0 amide bonds. The number of hydrogen-bond donors (Lipinski definition) is 0. The molecule has 0 N–H and O–H groups in total. The van der Waals surface area contributed by atoms with E-state index in [-0.39, 0.29) is 29.0 Å². The molecular formula is C24H25Cl2N3O5S. The fourth-order valence-corrected chi connectivity index (χ4v) is 6.01. The van der Waals surface area contributed by atoms with Crippen LogP contribution in [0.15, 0.2) is 53.6 Å². The number of rotatable bonds is 8. The van der Waals surface area contributed by atoms with Crippen molar-refractivity contribution in [1.29, 1.82) is 0 Å². The molecule has 0 spiro atoms. The Morgan fingerprint density at radius 1 is 1.23 bits per heavy atom. The lowest BCUT2D eigenvalue weighted by molar-refractivity contribution is -0.144. The van der Waals surface area contributed by atoms with E-state index in [2.05, 4.69) is 5.10 Å². The summed E-state index contributed by atoms with van der Waals surface area (Å²) in [7, 11) is -2.34. The molecule has 0 radical (unpaired) electrons. The van der Waals surface area contributed by atoms with Crippen LogP contribution in [-0.4, -0.2) is 42.1 Å². The van der Waals surface area contributed by atoms with Crippen LogP contribution in [0.4, 0.5) is 0 Å². The van der Waals surface area contributed by atoms with Crippen molar-refractivity contribution in [2.75, 3.05) is 13.7 Å². The SMILES string of the molecule is CCOC(=O)Cn1ncc2c1CCC[C@H]2N(C)S(=O)(=O)c1ccc(Oc2cccc(Cl)c2)c(Cl)c1. The molecule has 8 nitrogen and oxygen atoms in total. The Kier molecular flexibility index (Phi) is 7.70. The van der Waals surface area contributed by atoms with Crippen LogP contribution in [0.3, 0.4) is 0 Å². The first-order valence-corrected chi connectivity index (χ1v) is 13.3. The summed E-state index contributed by atoms with van der Waals surface area (Å²) < 4.78 is 40.7. The van der Waals surface area contributed by atoms with Gasteiger partial charge in [-0.1, -0.05) is 29.3 Å². The Balaban J connectivity index is 1.56.